The van der Waals surface area contributed by atoms with Crippen LogP contribution in [0.4, 0.5) is 5.82 Å². The molecule has 0 fully saturated rings. The van der Waals surface area contributed by atoms with Crippen molar-refractivity contribution in [3.05, 3.63) is 52.5 Å². The quantitative estimate of drug-likeness (QED) is 0.734. The highest BCUT2D eigenvalue weighted by Crippen LogP contribution is 2.25. The summed E-state index contributed by atoms with van der Waals surface area (Å²) in [7, 11) is 0. The Morgan fingerprint density at radius 2 is 2.18 bits per heavy atom. The van der Waals surface area contributed by atoms with E-state index < -0.39 is 0 Å². The summed E-state index contributed by atoms with van der Waals surface area (Å²) in [4.78, 5) is 4.26. The van der Waals surface area contributed by atoms with Gasteiger partial charge in [-0.15, -0.1) is 11.3 Å². The van der Waals surface area contributed by atoms with Crippen LogP contribution in [0.25, 0.3) is 11.3 Å². The van der Waals surface area contributed by atoms with Crippen molar-refractivity contribution in [3.63, 3.8) is 0 Å². The lowest BCUT2D eigenvalue weighted by molar-refractivity contribution is 0.270. The Kier molecular flexibility index (Phi) is 4.50. The van der Waals surface area contributed by atoms with Gasteiger partial charge in [0.05, 0.1) is 36.6 Å². The number of thiazole rings is 1. The van der Waals surface area contributed by atoms with E-state index in [1.807, 2.05) is 29.1 Å². The number of hydrogen-bond donors (Lipinski definition) is 2. The first kappa shape index (κ1) is 14.7. The second-order valence-corrected chi connectivity index (χ2v) is 5.73. The Morgan fingerprint density at radius 3 is 2.91 bits per heavy atom. The summed E-state index contributed by atoms with van der Waals surface area (Å²) >= 11 is 1.58. The maximum Gasteiger partial charge on any atom is 0.125 e. The van der Waals surface area contributed by atoms with Gasteiger partial charge in [-0.1, -0.05) is 24.3 Å². The van der Waals surface area contributed by atoms with E-state index in [-0.39, 0.29) is 6.61 Å². The van der Waals surface area contributed by atoms with E-state index in [1.54, 1.807) is 16.0 Å². The molecule has 1 aromatic carbocycles. The van der Waals surface area contributed by atoms with E-state index in [2.05, 4.69) is 34.5 Å². The molecule has 114 valence electrons. The van der Waals surface area contributed by atoms with Gasteiger partial charge in [-0.2, -0.15) is 5.10 Å². The molecule has 3 rings (SSSR count). The van der Waals surface area contributed by atoms with E-state index in [0.29, 0.717) is 13.1 Å². The van der Waals surface area contributed by atoms with Crippen LogP contribution in [0.5, 0.6) is 0 Å². The van der Waals surface area contributed by atoms with Crippen molar-refractivity contribution in [1.29, 1.82) is 0 Å². The molecular weight excluding hydrogens is 296 g/mol. The van der Waals surface area contributed by atoms with Gasteiger partial charge in [0.2, 0.25) is 0 Å². The molecule has 0 radical (unpaired) electrons. The van der Waals surface area contributed by atoms with Gasteiger partial charge in [-0.3, -0.25) is 0 Å². The number of aliphatic hydroxyl groups is 1. The number of aromatic nitrogens is 3. The molecule has 2 aromatic heterocycles. The van der Waals surface area contributed by atoms with Crippen LogP contribution >= 0.6 is 11.3 Å². The summed E-state index contributed by atoms with van der Waals surface area (Å²) in [6.07, 6.45) is 0. The van der Waals surface area contributed by atoms with E-state index in [4.69, 9.17) is 0 Å². The van der Waals surface area contributed by atoms with Crippen LogP contribution in [0, 0.1) is 6.92 Å². The molecule has 0 saturated carbocycles. The molecule has 0 aliphatic heterocycles. The summed E-state index contributed by atoms with van der Waals surface area (Å²) < 4.78 is 1.80. The van der Waals surface area contributed by atoms with Crippen LogP contribution < -0.4 is 5.32 Å². The average Bonchev–Trinajstić information content (AvgIpc) is 3.16. The van der Waals surface area contributed by atoms with Gasteiger partial charge in [0.15, 0.2) is 0 Å². The molecule has 0 atom stereocenters. The zero-order valence-electron chi connectivity index (χ0n) is 12.4. The Labute approximate surface area is 133 Å². The molecule has 0 bridgehead atoms. The topological polar surface area (TPSA) is 63.0 Å². The largest absolute Gasteiger partial charge is 0.394 e. The highest BCUT2D eigenvalue weighted by Gasteiger charge is 2.11. The summed E-state index contributed by atoms with van der Waals surface area (Å²) in [5.41, 5.74) is 6.02. The van der Waals surface area contributed by atoms with Crippen LogP contribution in [-0.4, -0.2) is 26.5 Å². The van der Waals surface area contributed by atoms with Crippen LogP contribution in [-0.2, 0) is 13.1 Å². The van der Waals surface area contributed by atoms with Crippen molar-refractivity contribution >= 4 is 17.2 Å². The maximum absolute atomic E-state index is 9.23. The van der Waals surface area contributed by atoms with Crippen LogP contribution in [0.1, 0.15) is 11.3 Å². The van der Waals surface area contributed by atoms with Gasteiger partial charge in [-0.25, -0.2) is 9.67 Å². The lowest BCUT2D eigenvalue weighted by Gasteiger charge is -2.06. The van der Waals surface area contributed by atoms with E-state index in [1.165, 1.54) is 5.56 Å². The van der Waals surface area contributed by atoms with Gasteiger partial charge < -0.3 is 10.4 Å². The fourth-order valence-corrected chi connectivity index (χ4v) is 2.88. The summed E-state index contributed by atoms with van der Waals surface area (Å²) in [6.45, 7) is 3.24. The van der Waals surface area contributed by atoms with Gasteiger partial charge >= 0.3 is 0 Å². The Hall–Kier alpha value is -2.18. The third-order valence-electron chi connectivity index (χ3n) is 3.45. The second kappa shape index (κ2) is 6.72. The highest BCUT2D eigenvalue weighted by molar-refractivity contribution is 7.07. The molecule has 2 N–H and O–H groups in total. The molecule has 0 saturated heterocycles. The normalized spacial score (nSPS) is 10.8. The Morgan fingerprint density at radius 1 is 1.32 bits per heavy atom. The Balaban J connectivity index is 1.87. The molecule has 2 heterocycles. The second-order valence-electron chi connectivity index (χ2n) is 5.01. The van der Waals surface area contributed by atoms with Crippen molar-refractivity contribution in [2.24, 2.45) is 0 Å². The molecule has 0 unspecified atom stereocenters. The minimum Gasteiger partial charge on any atom is -0.394 e. The standard InChI is InChI=1S/C16H18N4OS/c1-12-4-2-3-5-14(12)15-8-16(20(19-15)6-7-21)17-9-13-10-22-11-18-13/h2-5,8,10-11,17,21H,6-7,9H2,1H3. The molecule has 5 nitrogen and oxygen atoms in total. The first-order chi connectivity index (χ1) is 10.8. The van der Waals surface area contributed by atoms with E-state index in [9.17, 15) is 5.11 Å². The zero-order chi connectivity index (χ0) is 15.4. The SMILES string of the molecule is Cc1ccccc1-c1cc(NCc2cscn2)n(CCO)n1. The molecular formula is C16H18N4OS. The lowest BCUT2D eigenvalue weighted by Crippen LogP contribution is -2.10. The first-order valence-corrected chi connectivity index (χ1v) is 8.08. The minimum atomic E-state index is 0.0558. The third kappa shape index (κ3) is 3.18. The van der Waals surface area contributed by atoms with Gasteiger partial charge in [-0.05, 0) is 12.5 Å². The smallest absolute Gasteiger partial charge is 0.125 e. The van der Waals surface area contributed by atoms with E-state index >= 15 is 0 Å². The monoisotopic (exact) mass is 314 g/mol. The third-order valence-corrected chi connectivity index (χ3v) is 4.08. The van der Waals surface area contributed by atoms with Crippen LogP contribution in [0.15, 0.2) is 41.2 Å². The van der Waals surface area contributed by atoms with Crippen molar-refractivity contribution in [2.45, 2.75) is 20.0 Å². The van der Waals surface area contributed by atoms with Gasteiger partial charge in [0, 0.05) is 17.0 Å². The number of nitrogens with one attached hydrogen (secondary N) is 1. The lowest BCUT2D eigenvalue weighted by atomic mass is 10.1. The molecule has 0 aliphatic rings. The van der Waals surface area contributed by atoms with Crippen LogP contribution in [0.3, 0.4) is 0 Å². The fourth-order valence-electron chi connectivity index (χ4n) is 2.32. The number of rotatable bonds is 6. The van der Waals surface area contributed by atoms with Crippen molar-refractivity contribution in [1.82, 2.24) is 14.8 Å². The number of anilines is 1. The summed E-state index contributed by atoms with van der Waals surface area (Å²) in [6, 6.07) is 10.2. The predicted molar refractivity (Wildman–Crippen MR) is 88.9 cm³/mol. The highest BCUT2D eigenvalue weighted by atomic mass is 32.1. The molecule has 0 spiro atoms. The van der Waals surface area contributed by atoms with E-state index in [0.717, 1.165) is 22.8 Å². The van der Waals surface area contributed by atoms with Crippen LogP contribution in [0.2, 0.25) is 0 Å². The molecule has 0 amide bonds. The summed E-state index contributed by atoms with van der Waals surface area (Å²) in [5, 5.41) is 19.2. The molecule has 22 heavy (non-hydrogen) atoms. The van der Waals surface area contributed by atoms with Crippen molar-refractivity contribution in [3.8, 4) is 11.3 Å². The predicted octanol–water partition coefficient (Wildman–Crippen LogP) is 2.92. The molecule has 0 aliphatic carbocycles. The van der Waals surface area contributed by atoms with Gasteiger partial charge in [0.25, 0.3) is 0 Å². The number of nitrogens with zero attached hydrogens (tertiary/aromatic N) is 3. The number of aryl methyl sites for hydroxylation is 1. The minimum absolute atomic E-state index is 0.0558. The number of aliphatic hydroxyl groups excluding tert-OH is 1. The average molecular weight is 314 g/mol. The Bertz CT molecular complexity index is 736. The number of benzene rings is 1. The first-order valence-electron chi connectivity index (χ1n) is 7.13. The van der Waals surface area contributed by atoms with Crippen molar-refractivity contribution in [2.75, 3.05) is 11.9 Å². The molecule has 3 aromatic rings. The molecule has 6 heteroatoms. The van der Waals surface area contributed by atoms with Gasteiger partial charge in [0.1, 0.15) is 5.82 Å². The van der Waals surface area contributed by atoms with Crippen molar-refractivity contribution < 1.29 is 5.11 Å². The summed E-state index contributed by atoms with van der Waals surface area (Å²) in [5.74, 6) is 0.889. The number of hydrogen-bond acceptors (Lipinski definition) is 5. The fraction of sp³-hybridized carbons (Fsp3) is 0.250. The maximum atomic E-state index is 9.23. The zero-order valence-corrected chi connectivity index (χ0v) is 13.2.